The van der Waals surface area contributed by atoms with Gasteiger partial charge in [-0.2, -0.15) is 0 Å². The number of para-hydroxylation sites is 1. The molecule has 2 aromatic rings. The Kier molecular flexibility index (Phi) is 2.77. The van der Waals surface area contributed by atoms with Crippen molar-refractivity contribution in [1.82, 2.24) is 4.90 Å². The van der Waals surface area contributed by atoms with Crippen molar-refractivity contribution < 1.29 is 4.42 Å². The second-order valence-electron chi connectivity index (χ2n) is 3.79. The molecule has 0 saturated heterocycles. The highest BCUT2D eigenvalue weighted by Gasteiger charge is 2.01. The third kappa shape index (κ3) is 2.14. The first-order valence-corrected chi connectivity index (χ1v) is 5.04. The maximum Gasteiger partial charge on any atom is 0.193 e. The van der Waals surface area contributed by atoms with Crippen LogP contribution in [-0.2, 0) is 0 Å². The highest BCUT2D eigenvalue weighted by Crippen LogP contribution is 2.12. The van der Waals surface area contributed by atoms with Crippen molar-refractivity contribution in [3.63, 3.8) is 0 Å². The first-order chi connectivity index (χ1) is 7.66. The lowest BCUT2D eigenvalue weighted by Crippen LogP contribution is -2.02. The lowest BCUT2D eigenvalue weighted by Gasteiger charge is -2.03. The lowest BCUT2D eigenvalue weighted by molar-refractivity contribution is 0.559. The fraction of sp³-hybridized carbons (Fsp3) is 0.154. The molecule has 1 aromatic heterocycles. The highest BCUT2D eigenvalue weighted by molar-refractivity contribution is 5.76. The van der Waals surface area contributed by atoms with E-state index in [1.165, 1.54) is 6.07 Å². The van der Waals surface area contributed by atoms with E-state index in [0.29, 0.717) is 16.7 Å². The first kappa shape index (κ1) is 10.5. The molecule has 0 aliphatic carbocycles. The van der Waals surface area contributed by atoms with Crippen LogP contribution in [0.4, 0.5) is 0 Å². The van der Waals surface area contributed by atoms with Crippen LogP contribution in [0, 0.1) is 0 Å². The molecule has 0 fully saturated rings. The summed E-state index contributed by atoms with van der Waals surface area (Å²) in [5.41, 5.74) is 0.605. The first-order valence-electron chi connectivity index (χ1n) is 5.04. The largest absolute Gasteiger partial charge is 0.456 e. The van der Waals surface area contributed by atoms with Crippen LogP contribution in [0.1, 0.15) is 5.76 Å². The van der Waals surface area contributed by atoms with Crippen LogP contribution in [0.5, 0.6) is 0 Å². The van der Waals surface area contributed by atoms with Gasteiger partial charge in [0.15, 0.2) is 5.43 Å². The molecule has 0 N–H and O–H groups in total. The van der Waals surface area contributed by atoms with Crippen LogP contribution in [0.3, 0.4) is 0 Å². The minimum Gasteiger partial charge on any atom is -0.456 e. The van der Waals surface area contributed by atoms with E-state index in [1.54, 1.807) is 18.2 Å². The monoisotopic (exact) mass is 215 g/mol. The van der Waals surface area contributed by atoms with Gasteiger partial charge < -0.3 is 9.32 Å². The summed E-state index contributed by atoms with van der Waals surface area (Å²) in [6.45, 7) is 0. The summed E-state index contributed by atoms with van der Waals surface area (Å²) in [5.74, 6) is 0.567. The van der Waals surface area contributed by atoms with E-state index >= 15 is 0 Å². The van der Waals surface area contributed by atoms with E-state index in [-0.39, 0.29) is 5.43 Å². The van der Waals surface area contributed by atoms with Gasteiger partial charge in [0.25, 0.3) is 0 Å². The van der Waals surface area contributed by atoms with Crippen LogP contribution in [0.25, 0.3) is 17.0 Å². The van der Waals surface area contributed by atoms with E-state index in [1.807, 2.05) is 37.3 Å². The van der Waals surface area contributed by atoms with Gasteiger partial charge in [0.05, 0.1) is 5.39 Å². The van der Waals surface area contributed by atoms with Gasteiger partial charge in [-0.3, -0.25) is 4.79 Å². The van der Waals surface area contributed by atoms with Gasteiger partial charge in [0.2, 0.25) is 0 Å². The summed E-state index contributed by atoms with van der Waals surface area (Å²) in [6.07, 6.45) is 3.61. The lowest BCUT2D eigenvalue weighted by atomic mass is 10.2. The van der Waals surface area contributed by atoms with Gasteiger partial charge in [-0.15, -0.1) is 0 Å². The minimum absolute atomic E-state index is 0.0137. The maximum absolute atomic E-state index is 11.7. The predicted octanol–water partition coefficient (Wildman–Crippen LogP) is 2.33. The molecule has 0 amide bonds. The summed E-state index contributed by atoms with van der Waals surface area (Å²) in [5, 5.41) is 0.615. The molecule has 82 valence electrons. The van der Waals surface area contributed by atoms with E-state index in [0.717, 1.165) is 0 Å². The van der Waals surface area contributed by atoms with Crippen LogP contribution in [-0.4, -0.2) is 19.0 Å². The zero-order chi connectivity index (χ0) is 11.5. The summed E-state index contributed by atoms with van der Waals surface area (Å²) in [7, 11) is 3.82. The predicted molar refractivity (Wildman–Crippen MR) is 65.2 cm³/mol. The third-order valence-electron chi connectivity index (χ3n) is 2.19. The number of hydrogen-bond donors (Lipinski definition) is 0. The minimum atomic E-state index is -0.0137. The Morgan fingerprint density at radius 2 is 2.00 bits per heavy atom. The summed E-state index contributed by atoms with van der Waals surface area (Å²) in [4.78, 5) is 13.6. The van der Waals surface area contributed by atoms with E-state index in [4.69, 9.17) is 4.42 Å². The van der Waals surface area contributed by atoms with E-state index < -0.39 is 0 Å². The Morgan fingerprint density at radius 1 is 1.25 bits per heavy atom. The molecule has 2 rings (SSSR count). The summed E-state index contributed by atoms with van der Waals surface area (Å²) < 4.78 is 5.58. The quantitative estimate of drug-likeness (QED) is 0.770. The van der Waals surface area contributed by atoms with Gasteiger partial charge in [0, 0.05) is 26.4 Å². The van der Waals surface area contributed by atoms with Crippen molar-refractivity contribution in [1.29, 1.82) is 0 Å². The number of fused-ring (bicyclic) bond motifs is 1. The van der Waals surface area contributed by atoms with Crippen LogP contribution in [0.15, 0.2) is 45.7 Å². The molecule has 16 heavy (non-hydrogen) atoms. The second kappa shape index (κ2) is 4.23. The van der Waals surface area contributed by atoms with Crippen molar-refractivity contribution in [2.45, 2.75) is 0 Å². The van der Waals surface area contributed by atoms with Crippen LogP contribution < -0.4 is 5.43 Å². The molecular weight excluding hydrogens is 202 g/mol. The fourth-order valence-corrected chi connectivity index (χ4v) is 1.43. The molecule has 0 spiro atoms. The average Bonchev–Trinajstić information content (AvgIpc) is 2.26. The molecular formula is C13H13NO2. The van der Waals surface area contributed by atoms with Gasteiger partial charge in [-0.25, -0.2) is 0 Å². The van der Waals surface area contributed by atoms with Gasteiger partial charge >= 0.3 is 0 Å². The average molecular weight is 215 g/mol. The second-order valence-corrected chi connectivity index (χ2v) is 3.79. The van der Waals surface area contributed by atoms with E-state index in [9.17, 15) is 4.79 Å². The smallest absolute Gasteiger partial charge is 0.193 e. The molecule has 0 radical (unpaired) electrons. The van der Waals surface area contributed by atoms with Crippen molar-refractivity contribution in [2.24, 2.45) is 0 Å². The zero-order valence-electron chi connectivity index (χ0n) is 9.31. The normalized spacial score (nSPS) is 11.1. The van der Waals surface area contributed by atoms with Gasteiger partial charge in [0.1, 0.15) is 11.3 Å². The van der Waals surface area contributed by atoms with Crippen molar-refractivity contribution in [3.8, 4) is 0 Å². The number of hydrogen-bond acceptors (Lipinski definition) is 3. The SMILES string of the molecule is CN(C)/C=C/c1cc(=O)c2ccccc2o1. The third-order valence-corrected chi connectivity index (χ3v) is 2.19. The molecule has 1 heterocycles. The molecule has 0 saturated carbocycles. The summed E-state index contributed by atoms with van der Waals surface area (Å²) in [6, 6.07) is 8.74. The molecule has 0 aliphatic rings. The zero-order valence-corrected chi connectivity index (χ0v) is 9.31. The van der Waals surface area contributed by atoms with Crippen molar-refractivity contribution >= 4 is 17.0 Å². The Morgan fingerprint density at radius 3 is 2.75 bits per heavy atom. The molecule has 1 aromatic carbocycles. The Bertz CT molecular complexity index is 582. The highest BCUT2D eigenvalue weighted by atomic mass is 16.3. The van der Waals surface area contributed by atoms with Crippen molar-refractivity contribution in [2.75, 3.05) is 14.1 Å². The van der Waals surface area contributed by atoms with Crippen LogP contribution in [0.2, 0.25) is 0 Å². The van der Waals surface area contributed by atoms with Crippen LogP contribution >= 0.6 is 0 Å². The molecule has 0 aliphatic heterocycles. The standard InChI is InChI=1S/C13H13NO2/c1-14(2)8-7-10-9-12(15)11-5-3-4-6-13(11)16-10/h3-9H,1-2H3/b8-7+. The summed E-state index contributed by atoms with van der Waals surface area (Å²) >= 11 is 0. The molecule has 0 unspecified atom stereocenters. The van der Waals surface area contributed by atoms with Gasteiger partial charge in [-0.1, -0.05) is 12.1 Å². The Labute approximate surface area is 93.6 Å². The van der Waals surface area contributed by atoms with E-state index in [2.05, 4.69) is 0 Å². The molecule has 0 atom stereocenters. The molecule has 3 nitrogen and oxygen atoms in total. The molecule has 3 heteroatoms. The number of rotatable bonds is 2. The Balaban J connectivity index is 2.54. The topological polar surface area (TPSA) is 33.5 Å². The number of benzene rings is 1. The molecule has 0 bridgehead atoms. The fourth-order valence-electron chi connectivity index (χ4n) is 1.43. The van der Waals surface area contributed by atoms with Crippen molar-refractivity contribution in [3.05, 3.63) is 52.5 Å². The maximum atomic E-state index is 11.7. The Hall–Kier alpha value is -2.03. The van der Waals surface area contributed by atoms with Gasteiger partial charge in [-0.05, 0) is 18.2 Å². The number of nitrogens with zero attached hydrogens (tertiary/aromatic N) is 1.